The van der Waals surface area contributed by atoms with Crippen molar-refractivity contribution in [2.75, 3.05) is 19.6 Å². The standard InChI is InChI=1S/C21H33N3O2/c1-16-18(17(2)26-22-16)14-24-13-11-21(24)10-7-12-23(15-21)19(25)20(3)8-5-4-6-9-20/h4-15H2,1-3H3/t21-/m0/s1. The molecule has 0 N–H and O–H groups in total. The molecular weight excluding hydrogens is 326 g/mol. The van der Waals surface area contributed by atoms with E-state index in [1.165, 1.54) is 37.7 Å². The van der Waals surface area contributed by atoms with E-state index in [2.05, 4.69) is 21.9 Å². The van der Waals surface area contributed by atoms with Gasteiger partial charge in [0.05, 0.1) is 5.69 Å². The fourth-order valence-electron chi connectivity index (χ4n) is 5.43. The van der Waals surface area contributed by atoms with Crippen molar-refractivity contribution < 1.29 is 9.32 Å². The number of aryl methyl sites for hydroxylation is 2. The van der Waals surface area contributed by atoms with Gasteiger partial charge in [0, 0.05) is 42.7 Å². The number of amides is 1. The van der Waals surface area contributed by atoms with Crippen LogP contribution in [0.2, 0.25) is 0 Å². The second-order valence-electron chi connectivity index (χ2n) is 9.15. The van der Waals surface area contributed by atoms with Gasteiger partial charge in [0.1, 0.15) is 5.76 Å². The minimum absolute atomic E-state index is 0.118. The summed E-state index contributed by atoms with van der Waals surface area (Å²) in [6.45, 7) is 10.1. The maximum atomic E-state index is 13.3. The SMILES string of the molecule is Cc1noc(C)c1CN1CC[C@]12CCCN(C(=O)C1(C)CCCCC1)C2. The van der Waals surface area contributed by atoms with E-state index in [4.69, 9.17) is 4.52 Å². The highest BCUT2D eigenvalue weighted by Crippen LogP contribution is 2.43. The van der Waals surface area contributed by atoms with Crippen LogP contribution in [-0.2, 0) is 11.3 Å². The molecule has 144 valence electrons. The quantitative estimate of drug-likeness (QED) is 0.823. The van der Waals surface area contributed by atoms with Crippen LogP contribution in [0.25, 0.3) is 0 Å². The molecule has 1 aliphatic carbocycles. The number of hydrogen-bond acceptors (Lipinski definition) is 4. The van der Waals surface area contributed by atoms with Crippen LogP contribution in [0.3, 0.4) is 0 Å². The third-order valence-corrected chi connectivity index (χ3v) is 7.36. The Labute approximate surface area is 157 Å². The van der Waals surface area contributed by atoms with E-state index in [1.54, 1.807) is 0 Å². The first kappa shape index (κ1) is 18.0. The summed E-state index contributed by atoms with van der Waals surface area (Å²) in [4.78, 5) is 18.1. The van der Waals surface area contributed by atoms with E-state index in [-0.39, 0.29) is 11.0 Å². The minimum Gasteiger partial charge on any atom is -0.361 e. The van der Waals surface area contributed by atoms with Crippen molar-refractivity contribution in [3.8, 4) is 0 Å². The van der Waals surface area contributed by atoms with Crippen LogP contribution in [0.4, 0.5) is 0 Å². The van der Waals surface area contributed by atoms with Gasteiger partial charge in [0.15, 0.2) is 0 Å². The largest absolute Gasteiger partial charge is 0.361 e. The second kappa shape index (κ2) is 6.66. The molecule has 1 aromatic rings. The van der Waals surface area contributed by atoms with E-state index in [0.29, 0.717) is 5.91 Å². The highest BCUT2D eigenvalue weighted by Gasteiger charge is 2.50. The molecule has 2 saturated heterocycles. The molecule has 0 radical (unpaired) electrons. The highest BCUT2D eigenvalue weighted by atomic mass is 16.5. The third kappa shape index (κ3) is 2.98. The molecule has 4 rings (SSSR count). The predicted octanol–water partition coefficient (Wildman–Crippen LogP) is 3.83. The number of aromatic nitrogens is 1. The number of piperidine rings is 1. The van der Waals surface area contributed by atoms with Gasteiger partial charge >= 0.3 is 0 Å². The fraction of sp³-hybridized carbons (Fsp3) is 0.810. The molecule has 3 heterocycles. The van der Waals surface area contributed by atoms with Crippen molar-refractivity contribution in [2.24, 2.45) is 5.41 Å². The molecule has 1 saturated carbocycles. The van der Waals surface area contributed by atoms with Crippen LogP contribution in [0.1, 0.15) is 75.3 Å². The lowest BCUT2D eigenvalue weighted by Crippen LogP contribution is -2.67. The Morgan fingerprint density at radius 1 is 1.08 bits per heavy atom. The molecule has 0 aromatic carbocycles. The molecule has 3 fully saturated rings. The topological polar surface area (TPSA) is 49.6 Å². The minimum atomic E-state index is -0.118. The number of rotatable bonds is 3. The molecule has 5 nitrogen and oxygen atoms in total. The lowest BCUT2D eigenvalue weighted by atomic mass is 9.72. The van der Waals surface area contributed by atoms with Crippen molar-refractivity contribution >= 4 is 5.91 Å². The first-order valence-corrected chi connectivity index (χ1v) is 10.4. The van der Waals surface area contributed by atoms with Crippen molar-refractivity contribution in [3.63, 3.8) is 0 Å². The van der Waals surface area contributed by atoms with Crippen molar-refractivity contribution in [1.29, 1.82) is 0 Å². The predicted molar refractivity (Wildman–Crippen MR) is 101 cm³/mol. The molecule has 2 aliphatic heterocycles. The van der Waals surface area contributed by atoms with Crippen LogP contribution in [0.15, 0.2) is 4.52 Å². The van der Waals surface area contributed by atoms with Gasteiger partial charge in [-0.1, -0.05) is 31.3 Å². The average molecular weight is 360 g/mol. The molecule has 1 amide bonds. The summed E-state index contributed by atoms with van der Waals surface area (Å²) in [5, 5.41) is 4.11. The number of hydrogen-bond donors (Lipinski definition) is 0. The summed E-state index contributed by atoms with van der Waals surface area (Å²) in [6.07, 6.45) is 9.38. The van der Waals surface area contributed by atoms with Crippen LogP contribution in [-0.4, -0.2) is 46.0 Å². The maximum absolute atomic E-state index is 13.3. The maximum Gasteiger partial charge on any atom is 0.228 e. The smallest absolute Gasteiger partial charge is 0.228 e. The number of nitrogens with zero attached hydrogens (tertiary/aromatic N) is 3. The van der Waals surface area contributed by atoms with Crippen LogP contribution < -0.4 is 0 Å². The van der Waals surface area contributed by atoms with E-state index < -0.39 is 0 Å². The first-order valence-electron chi connectivity index (χ1n) is 10.4. The van der Waals surface area contributed by atoms with Gasteiger partial charge in [-0.15, -0.1) is 0 Å². The van der Waals surface area contributed by atoms with Crippen LogP contribution in [0, 0.1) is 19.3 Å². The van der Waals surface area contributed by atoms with E-state index >= 15 is 0 Å². The van der Waals surface area contributed by atoms with Crippen molar-refractivity contribution in [2.45, 2.75) is 84.2 Å². The second-order valence-corrected chi connectivity index (χ2v) is 9.15. The lowest BCUT2D eigenvalue weighted by molar-refractivity contribution is -0.152. The zero-order chi connectivity index (χ0) is 18.4. The Kier molecular flexibility index (Phi) is 4.62. The van der Waals surface area contributed by atoms with Gasteiger partial charge in [0.25, 0.3) is 0 Å². The molecule has 5 heteroatoms. The molecule has 3 aliphatic rings. The number of carbonyl (C=O) groups excluding carboxylic acids is 1. The van der Waals surface area contributed by atoms with E-state index in [0.717, 1.165) is 56.9 Å². The number of likely N-dealkylation sites (tertiary alicyclic amines) is 2. The molecule has 1 aromatic heterocycles. The summed E-state index contributed by atoms with van der Waals surface area (Å²) in [5.41, 5.74) is 2.29. The highest BCUT2D eigenvalue weighted by molar-refractivity contribution is 5.82. The monoisotopic (exact) mass is 359 g/mol. The van der Waals surface area contributed by atoms with Crippen molar-refractivity contribution in [1.82, 2.24) is 15.0 Å². The zero-order valence-electron chi connectivity index (χ0n) is 16.6. The van der Waals surface area contributed by atoms with Gasteiger partial charge in [-0.25, -0.2) is 0 Å². The van der Waals surface area contributed by atoms with Crippen LogP contribution in [0.5, 0.6) is 0 Å². The fourth-order valence-corrected chi connectivity index (χ4v) is 5.43. The van der Waals surface area contributed by atoms with Gasteiger partial charge in [-0.3, -0.25) is 9.69 Å². The number of carbonyl (C=O) groups is 1. The molecule has 0 bridgehead atoms. The third-order valence-electron chi connectivity index (χ3n) is 7.36. The van der Waals surface area contributed by atoms with E-state index in [1.807, 2.05) is 13.8 Å². The Bertz CT molecular complexity index is 657. The Morgan fingerprint density at radius 2 is 1.85 bits per heavy atom. The summed E-state index contributed by atoms with van der Waals surface area (Å²) < 4.78 is 5.35. The van der Waals surface area contributed by atoms with Gasteiger partial charge in [-0.2, -0.15) is 0 Å². The summed E-state index contributed by atoms with van der Waals surface area (Å²) in [7, 11) is 0. The Balaban J connectivity index is 1.46. The van der Waals surface area contributed by atoms with E-state index in [9.17, 15) is 4.79 Å². The van der Waals surface area contributed by atoms with Gasteiger partial charge < -0.3 is 9.42 Å². The Morgan fingerprint density at radius 3 is 2.46 bits per heavy atom. The lowest BCUT2D eigenvalue weighted by Gasteiger charge is -2.58. The molecule has 1 atom stereocenters. The summed E-state index contributed by atoms with van der Waals surface area (Å²) in [6, 6.07) is 0. The first-order chi connectivity index (χ1) is 12.4. The Hall–Kier alpha value is -1.36. The molecule has 26 heavy (non-hydrogen) atoms. The van der Waals surface area contributed by atoms with Gasteiger partial charge in [-0.05, 0) is 46.0 Å². The summed E-state index contributed by atoms with van der Waals surface area (Å²) >= 11 is 0. The average Bonchev–Trinajstić information content (AvgIpc) is 2.97. The molecular formula is C21H33N3O2. The van der Waals surface area contributed by atoms with Crippen molar-refractivity contribution in [3.05, 3.63) is 17.0 Å². The molecule has 0 unspecified atom stereocenters. The van der Waals surface area contributed by atoms with Crippen LogP contribution >= 0.6 is 0 Å². The normalized spacial score (nSPS) is 29.0. The summed E-state index contributed by atoms with van der Waals surface area (Å²) in [5.74, 6) is 1.35. The zero-order valence-corrected chi connectivity index (χ0v) is 16.6. The van der Waals surface area contributed by atoms with Gasteiger partial charge in [0.2, 0.25) is 5.91 Å². The molecule has 1 spiro atoms.